The van der Waals surface area contributed by atoms with Gasteiger partial charge in [-0.25, -0.2) is 0 Å². The molecule has 0 unspecified atom stereocenters. The van der Waals surface area contributed by atoms with Gasteiger partial charge in [-0.15, -0.1) is 0 Å². The molecule has 3 nitrogen and oxygen atoms in total. The van der Waals surface area contributed by atoms with Gasteiger partial charge in [0.2, 0.25) is 5.91 Å². The van der Waals surface area contributed by atoms with Gasteiger partial charge in [0.05, 0.1) is 5.75 Å². The van der Waals surface area contributed by atoms with Gasteiger partial charge in [0.25, 0.3) is 0 Å². The molecule has 4 heteroatoms. The van der Waals surface area contributed by atoms with Crippen molar-refractivity contribution in [2.45, 2.75) is 13.8 Å². The van der Waals surface area contributed by atoms with Crippen molar-refractivity contribution in [2.24, 2.45) is 11.7 Å². The van der Waals surface area contributed by atoms with Crippen molar-refractivity contribution in [3.63, 3.8) is 0 Å². The molecule has 2 N–H and O–H groups in total. The van der Waals surface area contributed by atoms with Crippen LogP contribution >= 0.6 is 11.8 Å². The van der Waals surface area contributed by atoms with Gasteiger partial charge < -0.3 is 5.73 Å². The van der Waals surface area contributed by atoms with Gasteiger partial charge in [-0.1, -0.05) is 25.6 Å². The van der Waals surface area contributed by atoms with Gasteiger partial charge in [0.1, 0.15) is 0 Å². The van der Waals surface area contributed by atoms with E-state index < -0.39 is 5.91 Å². The molecule has 0 heterocycles. The highest BCUT2D eigenvalue weighted by molar-refractivity contribution is 8.14. The summed E-state index contributed by atoms with van der Waals surface area (Å²) in [5, 5.41) is 0.0128. The number of hydrogen-bond acceptors (Lipinski definition) is 3. The molecule has 0 bridgehead atoms. The van der Waals surface area contributed by atoms with Crippen molar-refractivity contribution in [3.05, 3.63) is 0 Å². The minimum absolute atomic E-state index is 0.0128. The summed E-state index contributed by atoms with van der Waals surface area (Å²) in [6, 6.07) is 0. The zero-order valence-electron chi connectivity index (χ0n) is 6.09. The van der Waals surface area contributed by atoms with Crippen molar-refractivity contribution in [1.29, 1.82) is 0 Å². The first kappa shape index (κ1) is 9.49. The van der Waals surface area contributed by atoms with E-state index in [2.05, 4.69) is 0 Å². The quantitative estimate of drug-likeness (QED) is 0.651. The van der Waals surface area contributed by atoms with Gasteiger partial charge in [0, 0.05) is 5.92 Å². The molecule has 0 aromatic rings. The number of thioether (sulfide) groups is 1. The van der Waals surface area contributed by atoms with Gasteiger partial charge in [0.15, 0.2) is 5.12 Å². The van der Waals surface area contributed by atoms with Gasteiger partial charge in [-0.2, -0.15) is 0 Å². The highest BCUT2D eigenvalue weighted by Crippen LogP contribution is 2.08. The van der Waals surface area contributed by atoms with Crippen LogP contribution in [0.1, 0.15) is 13.8 Å². The molecule has 0 fully saturated rings. The molecule has 0 saturated heterocycles. The van der Waals surface area contributed by atoms with E-state index >= 15 is 0 Å². The van der Waals surface area contributed by atoms with Gasteiger partial charge in [-0.3, -0.25) is 9.59 Å². The van der Waals surface area contributed by atoms with E-state index in [9.17, 15) is 9.59 Å². The van der Waals surface area contributed by atoms with E-state index in [4.69, 9.17) is 5.73 Å². The maximum atomic E-state index is 10.8. The van der Waals surface area contributed by atoms with Crippen LogP contribution in [0.4, 0.5) is 0 Å². The highest BCUT2D eigenvalue weighted by Gasteiger charge is 2.08. The zero-order chi connectivity index (χ0) is 8.15. The summed E-state index contributed by atoms with van der Waals surface area (Å²) in [5.41, 5.74) is 4.83. The summed E-state index contributed by atoms with van der Waals surface area (Å²) in [4.78, 5) is 21.0. The fraction of sp³-hybridized carbons (Fsp3) is 0.667. The summed E-state index contributed by atoms with van der Waals surface area (Å²) in [5.74, 6) is -0.375. The lowest BCUT2D eigenvalue weighted by Crippen LogP contribution is -2.15. The van der Waals surface area contributed by atoms with Crippen molar-refractivity contribution in [1.82, 2.24) is 0 Å². The molecule has 0 aliphatic rings. The fourth-order valence-electron chi connectivity index (χ4n) is 0.309. The second-order valence-electron chi connectivity index (χ2n) is 2.23. The maximum absolute atomic E-state index is 10.8. The first-order valence-electron chi connectivity index (χ1n) is 2.99. The minimum atomic E-state index is -0.445. The Kier molecular flexibility index (Phi) is 4.11. The topological polar surface area (TPSA) is 60.2 Å². The Morgan fingerprint density at radius 3 is 2.30 bits per heavy atom. The van der Waals surface area contributed by atoms with E-state index in [-0.39, 0.29) is 16.8 Å². The van der Waals surface area contributed by atoms with Crippen molar-refractivity contribution in [3.8, 4) is 0 Å². The smallest absolute Gasteiger partial charge is 0.227 e. The Hall–Kier alpha value is -0.510. The van der Waals surface area contributed by atoms with Crippen LogP contribution in [0, 0.1) is 5.92 Å². The molecule has 10 heavy (non-hydrogen) atoms. The SMILES string of the molecule is CC(C)C(=O)SCC(N)=O. The number of carbonyl (C=O) groups excluding carboxylic acids is 2. The van der Waals surface area contributed by atoms with E-state index in [1.54, 1.807) is 13.8 Å². The molecule has 0 aliphatic carbocycles. The number of amides is 1. The Bertz CT molecular complexity index is 145. The number of rotatable bonds is 3. The molecule has 0 spiro atoms. The van der Waals surface area contributed by atoms with Crippen LogP contribution in [0.25, 0.3) is 0 Å². The third kappa shape index (κ3) is 4.38. The molecule has 0 atom stereocenters. The summed E-state index contributed by atoms with van der Waals surface area (Å²) in [6.45, 7) is 3.58. The Balaban J connectivity index is 3.50. The van der Waals surface area contributed by atoms with Crippen LogP contribution in [0.15, 0.2) is 0 Å². The summed E-state index contributed by atoms with van der Waals surface area (Å²) in [7, 11) is 0. The van der Waals surface area contributed by atoms with Crippen LogP contribution in [0.3, 0.4) is 0 Å². The third-order valence-electron chi connectivity index (χ3n) is 0.828. The van der Waals surface area contributed by atoms with Crippen LogP contribution in [-0.4, -0.2) is 16.8 Å². The summed E-state index contributed by atoms with van der Waals surface area (Å²) in [6.07, 6.45) is 0. The Morgan fingerprint density at radius 2 is 2.00 bits per heavy atom. The largest absolute Gasteiger partial charge is 0.369 e. The third-order valence-corrected chi connectivity index (χ3v) is 2.01. The number of carbonyl (C=O) groups is 2. The zero-order valence-corrected chi connectivity index (χ0v) is 6.90. The van der Waals surface area contributed by atoms with Crippen molar-refractivity contribution in [2.75, 3.05) is 5.75 Å². The molecule has 58 valence electrons. The molecule has 0 aromatic heterocycles. The number of nitrogens with two attached hydrogens (primary N) is 1. The normalized spacial score (nSPS) is 9.90. The first-order chi connectivity index (χ1) is 4.54. The van der Waals surface area contributed by atoms with Crippen LogP contribution in [-0.2, 0) is 9.59 Å². The molecule has 0 aromatic carbocycles. The second-order valence-corrected chi connectivity index (χ2v) is 3.21. The monoisotopic (exact) mass is 161 g/mol. The van der Waals surface area contributed by atoms with E-state index in [1.807, 2.05) is 0 Å². The number of hydrogen-bond donors (Lipinski definition) is 1. The minimum Gasteiger partial charge on any atom is -0.369 e. The summed E-state index contributed by atoms with van der Waals surface area (Å²) >= 11 is 0.979. The van der Waals surface area contributed by atoms with Crippen molar-refractivity contribution < 1.29 is 9.59 Å². The van der Waals surface area contributed by atoms with Gasteiger partial charge >= 0.3 is 0 Å². The molecule has 1 amide bonds. The molecule has 0 radical (unpaired) electrons. The Morgan fingerprint density at radius 1 is 1.50 bits per heavy atom. The fourth-order valence-corrected chi connectivity index (χ4v) is 0.927. The first-order valence-corrected chi connectivity index (χ1v) is 3.97. The Labute approximate surface area is 64.4 Å². The van der Waals surface area contributed by atoms with Gasteiger partial charge in [-0.05, 0) is 0 Å². The average molecular weight is 161 g/mol. The molecule has 0 aliphatic heterocycles. The average Bonchev–Trinajstić information content (AvgIpc) is 1.82. The van der Waals surface area contributed by atoms with Crippen LogP contribution in [0.2, 0.25) is 0 Å². The molecular formula is C6H11NO2S. The molecule has 0 saturated carbocycles. The van der Waals surface area contributed by atoms with E-state index in [0.29, 0.717) is 0 Å². The second kappa shape index (κ2) is 4.33. The lowest BCUT2D eigenvalue weighted by atomic mass is 10.3. The standard InChI is InChI=1S/C6H11NO2S/c1-4(2)6(9)10-3-5(7)8/h4H,3H2,1-2H3,(H2,7,8). The predicted octanol–water partition coefficient (Wildman–Crippen LogP) is 0.388. The van der Waals surface area contributed by atoms with Crippen LogP contribution < -0.4 is 5.73 Å². The lowest BCUT2D eigenvalue weighted by molar-refractivity contribution is -0.116. The maximum Gasteiger partial charge on any atom is 0.227 e. The van der Waals surface area contributed by atoms with E-state index in [0.717, 1.165) is 11.8 Å². The van der Waals surface area contributed by atoms with E-state index in [1.165, 1.54) is 0 Å². The lowest BCUT2D eigenvalue weighted by Gasteiger charge is -1.99. The highest BCUT2D eigenvalue weighted by atomic mass is 32.2. The number of primary amides is 1. The molecular weight excluding hydrogens is 150 g/mol. The predicted molar refractivity (Wildman–Crippen MR) is 41.5 cm³/mol. The van der Waals surface area contributed by atoms with Crippen LogP contribution in [0.5, 0.6) is 0 Å². The summed E-state index contributed by atoms with van der Waals surface area (Å²) < 4.78 is 0. The van der Waals surface area contributed by atoms with Crippen molar-refractivity contribution >= 4 is 22.8 Å². The molecule has 0 rings (SSSR count).